The minimum Gasteiger partial charge on any atom is -0.479 e. The fourth-order valence-corrected chi connectivity index (χ4v) is 3.79. The van der Waals surface area contributed by atoms with Crippen LogP contribution in [0.3, 0.4) is 0 Å². The second-order valence-corrected chi connectivity index (χ2v) is 6.47. The van der Waals surface area contributed by atoms with Crippen molar-refractivity contribution in [2.75, 3.05) is 37.6 Å². The third kappa shape index (κ3) is 4.08. The van der Waals surface area contributed by atoms with Crippen LogP contribution in [0.2, 0.25) is 0 Å². The number of anilines is 1. The zero-order chi connectivity index (χ0) is 17.6. The van der Waals surface area contributed by atoms with E-state index < -0.39 is 12.1 Å². The van der Waals surface area contributed by atoms with E-state index in [4.69, 9.17) is 0 Å². The Morgan fingerprint density at radius 3 is 2.56 bits per heavy atom. The van der Waals surface area contributed by atoms with Gasteiger partial charge in [-0.2, -0.15) is 0 Å². The molecule has 2 unspecified atom stereocenters. The number of likely N-dealkylation sites (tertiary alicyclic amines) is 1. The van der Waals surface area contributed by atoms with Crippen molar-refractivity contribution in [2.24, 2.45) is 0 Å². The van der Waals surface area contributed by atoms with E-state index in [0.717, 1.165) is 38.0 Å². The zero-order valence-electron chi connectivity index (χ0n) is 14.3. The summed E-state index contributed by atoms with van der Waals surface area (Å²) in [7, 11) is 0. The van der Waals surface area contributed by atoms with Gasteiger partial charge in [-0.05, 0) is 31.4 Å². The average Bonchev–Trinajstić information content (AvgIpc) is 2.65. The summed E-state index contributed by atoms with van der Waals surface area (Å²) in [5.74, 6) is -0.850. The van der Waals surface area contributed by atoms with Crippen LogP contribution in [-0.4, -0.2) is 77.3 Å². The molecule has 3 heterocycles. The molecule has 1 amide bonds. The molecule has 0 spiro atoms. The molecule has 8 heteroatoms. The van der Waals surface area contributed by atoms with Gasteiger partial charge in [-0.25, -0.2) is 4.79 Å². The summed E-state index contributed by atoms with van der Waals surface area (Å²) in [6, 6.07) is 3.94. The molecule has 2 fully saturated rings. The topological polar surface area (TPSA) is 89.0 Å². The van der Waals surface area contributed by atoms with Gasteiger partial charge in [0.25, 0.3) is 0 Å². The minimum atomic E-state index is -0.850. The van der Waals surface area contributed by atoms with Gasteiger partial charge in [0.15, 0.2) is 6.17 Å². The van der Waals surface area contributed by atoms with Crippen LogP contribution in [0.4, 0.5) is 5.69 Å². The van der Waals surface area contributed by atoms with Gasteiger partial charge in [0.1, 0.15) is 0 Å². The molecule has 0 aromatic carbocycles. The lowest BCUT2D eigenvalue weighted by Gasteiger charge is -2.46. The quantitative estimate of drug-likeness (QED) is 0.709. The first-order chi connectivity index (χ1) is 12.2. The summed E-state index contributed by atoms with van der Waals surface area (Å²) in [4.78, 5) is 33.1. The van der Waals surface area contributed by atoms with Crippen LogP contribution >= 0.6 is 0 Å². The fraction of sp³-hybridized carbons (Fsp3) is 0.588. The molecule has 2 N–H and O–H groups in total. The summed E-state index contributed by atoms with van der Waals surface area (Å²) in [5.41, 5.74) is 1.11. The summed E-state index contributed by atoms with van der Waals surface area (Å²) in [6.45, 7) is 3.57. The normalized spacial score (nSPS) is 23.8. The predicted octanol–water partition coefficient (Wildman–Crippen LogP) is 0.172. The van der Waals surface area contributed by atoms with Crippen molar-refractivity contribution in [3.63, 3.8) is 0 Å². The van der Waals surface area contributed by atoms with E-state index >= 15 is 0 Å². The maximum Gasteiger partial charge on any atom is 0.336 e. The number of aliphatic carboxylic acids is 1. The smallest absolute Gasteiger partial charge is 0.336 e. The highest BCUT2D eigenvalue weighted by molar-refractivity contribution is 5.73. The van der Waals surface area contributed by atoms with Crippen molar-refractivity contribution in [1.29, 1.82) is 0 Å². The Balaban J connectivity index is 1.67. The molecular weight excluding hydrogens is 322 g/mol. The van der Waals surface area contributed by atoms with Crippen molar-refractivity contribution in [2.45, 2.75) is 31.6 Å². The Kier molecular flexibility index (Phi) is 5.83. The number of carbonyl (C=O) groups excluding carboxylic acids is 1. The highest BCUT2D eigenvalue weighted by atomic mass is 16.4. The van der Waals surface area contributed by atoms with Gasteiger partial charge in [0.05, 0.1) is 6.17 Å². The standard InChI is InChI=1S/C17H25N5O3/c23-13-19-15-3-1-2-8-22(15)16(17(24)25)21-11-9-20(10-12-21)14-4-6-18-7-5-14/h4-7,13,15-16H,1-3,8-12H2,(H,19,23)(H,24,25). The third-order valence-corrected chi connectivity index (χ3v) is 5.03. The number of nitrogens with zero attached hydrogens (tertiary/aromatic N) is 4. The number of piperidine rings is 1. The van der Waals surface area contributed by atoms with Gasteiger partial charge in [-0.3, -0.25) is 19.6 Å². The van der Waals surface area contributed by atoms with Crippen LogP contribution in [-0.2, 0) is 9.59 Å². The highest BCUT2D eigenvalue weighted by Crippen LogP contribution is 2.22. The molecule has 0 aliphatic carbocycles. The number of amides is 1. The average molecular weight is 347 g/mol. The molecule has 1 aromatic rings. The van der Waals surface area contributed by atoms with E-state index in [1.165, 1.54) is 0 Å². The number of carboxylic acids is 1. The minimum absolute atomic E-state index is 0.203. The SMILES string of the molecule is O=CNC1CCCCN1C(C(=O)O)N1CCN(c2ccncc2)CC1. The summed E-state index contributed by atoms with van der Waals surface area (Å²) in [6.07, 6.45) is 6.06. The summed E-state index contributed by atoms with van der Waals surface area (Å²) >= 11 is 0. The molecule has 0 saturated carbocycles. The zero-order valence-corrected chi connectivity index (χ0v) is 14.3. The van der Waals surface area contributed by atoms with Crippen molar-refractivity contribution in [3.8, 4) is 0 Å². The third-order valence-electron chi connectivity index (χ3n) is 5.03. The van der Waals surface area contributed by atoms with Gasteiger partial charge in [-0.1, -0.05) is 0 Å². The molecule has 0 bridgehead atoms. The number of hydrogen-bond donors (Lipinski definition) is 2. The van der Waals surface area contributed by atoms with Crippen LogP contribution in [0.15, 0.2) is 24.5 Å². The molecule has 2 saturated heterocycles. The number of nitrogens with one attached hydrogen (secondary N) is 1. The molecule has 136 valence electrons. The lowest BCUT2D eigenvalue weighted by Crippen LogP contribution is -2.64. The number of hydrogen-bond acceptors (Lipinski definition) is 6. The van der Waals surface area contributed by atoms with E-state index in [0.29, 0.717) is 26.0 Å². The summed E-state index contributed by atoms with van der Waals surface area (Å²) in [5, 5.41) is 12.6. The Morgan fingerprint density at radius 2 is 1.92 bits per heavy atom. The first-order valence-electron chi connectivity index (χ1n) is 8.78. The van der Waals surface area contributed by atoms with E-state index in [1.807, 2.05) is 21.9 Å². The Hall–Kier alpha value is -2.19. The monoisotopic (exact) mass is 347 g/mol. The second kappa shape index (κ2) is 8.26. The molecule has 25 heavy (non-hydrogen) atoms. The maximum absolute atomic E-state index is 12.0. The molecule has 2 atom stereocenters. The lowest BCUT2D eigenvalue weighted by molar-refractivity contribution is -0.156. The van der Waals surface area contributed by atoms with Crippen molar-refractivity contribution in [3.05, 3.63) is 24.5 Å². The van der Waals surface area contributed by atoms with E-state index in [1.54, 1.807) is 12.4 Å². The second-order valence-electron chi connectivity index (χ2n) is 6.47. The van der Waals surface area contributed by atoms with E-state index in [2.05, 4.69) is 15.2 Å². The Bertz CT molecular complexity index is 577. The van der Waals surface area contributed by atoms with Gasteiger partial charge >= 0.3 is 5.97 Å². The van der Waals surface area contributed by atoms with Crippen LogP contribution in [0.1, 0.15) is 19.3 Å². The molecule has 2 aliphatic rings. The van der Waals surface area contributed by atoms with Gasteiger partial charge in [-0.15, -0.1) is 0 Å². The Morgan fingerprint density at radius 1 is 1.20 bits per heavy atom. The van der Waals surface area contributed by atoms with Crippen LogP contribution < -0.4 is 10.2 Å². The predicted molar refractivity (Wildman–Crippen MR) is 93.0 cm³/mol. The molecule has 2 aliphatic heterocycles. The molecule has 1 aromatic heterocycles. The molecule has 3 rings (SSSR count). The largest absolute Gasteiger partial charge is 0.479 e. The molecular formula is C17H25N5O3. The van der Waals surface area contributed by atoms with Crippen LogP contribution in [0.5, 0.6) is 0 Å². The molecule has 8 nitrogen and oxygen atoms in total. The first-order valence-corrected chi connectivity index (χ1v) is 8.78. The lowest BCUT2D eigenvalue weighted by atomic mass is 10.1. The van der Waals surface area contributed by atoms with Crippen molar-refractivity contribution >= 4 is 18.1 Å². The number of piperazine rings is 1. The van der Waals surface area contributed by atoms with Crippen LogP contribution in [0, 0.1) is 0 Å². The maximum atomic E-state index is 12.0. The molecule has 0 radical (unpaired) electrons. The van der Waals surface area contributed by atoms with E-state index in [9.17, 15) is 14.7 Å². The highest BCUT2D eigenvalue weighted by Gasteiger charge is 2.38. The van der Waals surface area contributed by atoms with Crippen molar-refractivity contribution < 1.29 is 14.7 Å². The van der Waals surface area contributed by atoms with Gasteiger partial charge in [0.2, 0.25) is 6.41 Å². The van der Waals surface area contributed by atoms with Crippen LogP contribution in [0.25, 0.3) is 0 Å². The summed E-state index contributed by atoms with van der Waals surface area (Å²) < 4.78 is 0. The van der Waals surface area contributed by atoms with Crippen molar-refractivity contribution in [1.82, 2.24) is 20.1 Å². The number of carboxylic acid groups (broad SMARTS) is 1. The van der Waals surface area contributed by atoms with Gasteiger partial charge in [0, 0.05) is 50.8 Å². The van der Waals surface area contributed by atoms with E-state index in [-0.39, 0.29) is 6.17 Å². The Labute approximate surface area is 147 Å². The number of aromatic nitrogens is 1. The number of carbonyl (C=O) groups is 2. The fourth-order valence-electron chi connectivity index (χ4n) is 3.79. The number of rotatable bonds is 6. The van der Waals surface area contributed by atoms with Gasteiger partial charge < -0.3 is 15.3 Å². The first kappa shape index (κ1) is 17.6. The number of pyridine rings is 1.